The number of benzene rings is 1. The van der Waals surface area contributed by atoms with E-state index in [-0.39, 0.29) is 17.4 Å². The van der Waals surface area contributed by atoms with Crippen LogP contribution in [0.2, 0.25) is 0 Å². The molecule has 0 spiro atoms. The van der Waals surface area contributed by atoms with E-state index in [1.165, 1.54) is 0 Å². The summed E-state index contributed by atoms with van der Waals surface area (Å²) in [5.41, 5.74) is 2.56. The number of carbonyl (C=O) groups is 1. The molecule has 0 saturated heterocycles. The first-order valence-corrected chi connectivity index (χ1v) is 8.37. The number of imidazole rings is 1. The van der Waals surface area contributed by atoms with Crippen molar-refractivity contribution in [1.82, 2.24) is 14.1 Å². The summed E-state index contributed by atoms with van der Waals surface area (Å²) < 4.78 is 3.70. The van der Waals surface area contributed by atoms with Gasteiger partial charge in [0.15, 0.2) is 0 Å². The number of aromatic nitrogens is 3. The Morgan fingerprint density at radius 1 is 1.24 bits per heavy atom. The second kappa shape index (κ2) is 6.93. The molecule has 3 rings (SSSR count). The number of aryl methyl sites for hydroxylation is 3. The lowest BCUT2D eigenvalue weighted by atomic mass is 10.2. The third kappa shape index (κ3) is 3.63. The summed E-state index contributed by atoms with van der Waals surface area (Å²) in [6.45, 7) is 4.30. The van der Waals surface area contributed by atoms with Crippen LogP contribution >= 0.6 is 0 Å². The van der Waals surface area contributed by atoms with Gasteiger partial charge in [-0.2, -0.15) is 0 Å². The largest absolute Gasteiger partial charge is 0.331 e. The summed E-state index contributed by atoms with van der Waals surface area (Å²) in [5.74, 6) is 0.816. The molecule has 6 heteroatoms. The zero-order valence-corrected chi connectivity index (χ0v) is 14.7. The van der Waals surface area contributed by atoms with Gasteiger partial charge in [0.25, 0.3) is 5.56 Å². The van der Waals surface area contributed by atoms with Crippen molar-refractivity contribution < 1.29 is 4.79 Å². The van der Waals surface area contributed by atoms with Crippen molar-refractivity contribution >= 4 is 22.6 Å². The highest BCUT2D eigenvalue weighted by atomic mass is 16.1. The molecule has 25 heavy (non-hydrogen) atoms. The minimum absolute atomic E-state index is 0.0139. The van der Waals surface area contributed by atoms with Crippen molar-refractivity contribution in [2.75, 3.05) is 5.32 Å². The number of pyridine rings is 1. The highest BCUT2D eigenvalue weighted by Crippen LogP contribution is 2.20. The van der Waals surface area contributed by atoms with Crippen molar-refractivity contribution in [3.63, 3.8) is 0 Å². The molecule has 1 N–H and O–H groups in total. The Bertz CT molecular complexity index is 969. The van der Waals surface area contributed by atoms with Crippen molar-refractivity contribution in [3.05, 3.63) is 58.8 Å². The fraction of sp³-hybridized carbons (Fsp3) is 0.316. The molecule has 0 aliphatic carbocycles. The zero-order chi connectivity index (χ0) is 18.0. The van der Waals surface area contributed by atoms with Crippen LogP contribution in [-0.2, 0) is 24.8 Å². The Labute approximate surface area is 146 Å². The summed E-state index contributed by atoms with van der Waals surface area (Å²) in [7, 11) is 1.96. The number of hydrogen-bond acceptors (Lipinski definition) is 3. The zero-order valence-electron chi connectivity index (χ0n) is 14.7. The summed E-state index contributed by atoms with van der Waals surface area (Å²) in [5, 5.41) is 2.89. The van der Waals surface area contributed by atoms with Gasteiger partial charge in [-0.3, -0.25) is 9.59 Å². The van der Waals surface area contributed by atoms with E-state index < -0.39 is 0 Å². The lowest BCUT2D eigenvalue weighted by Crippen LogP contribution is -2.19. The van der Waals surface area contributed by atoms with Gasteiger partial charge >= 0.3 is 0 Å². The molecule has 0 atom stereocenters. The average molecular weight is 338 g/mol. The van der Waals surface area contributed by atoms with E-state index in [0.717, 1.165) is 22.5 Å². The Hall–Kier alpha value is -2.89. The van der Waals surface area contributed by atoms with Crippen LogP contribution < -0.4 is 10.9 Å². The maximum Gasteiger partial charge on any atom is 0.250 e. The maximum atomic E-state index is 11.8. The van der Waals surface area contributed by atoms with Gasteiger partial charge in [-0.15, -0.1) is 0 Å². The standard InChI is InChI=1S/C19H22N4O2/c1-13(2)19(25)20-14-7-8-16-15(12-14)21-17(22(16)3)9-11-23-10-5-4-6-18(23)24/h4-8,10,12-13H,9,11H2,1-3H3,(H,20,25). The van der Waals surface area contributed by atoms with Crippen molar-refractivity contribution in [1.29, 1.82) is 0 Å². The molecule has 0 bridgehead atoms. The summed E-state index contributed by atoms with van der Waals surface area (Å²) in [6, 6.07) is 10.9. The predicted molar refractivity (Wildman–Crippen MR) is 98.6 cm³/mol. The number of carbonyl (C=O) groups excluding carboxylic acids is 1. The van der Waals surface area contributed by atoms with E-state index >= 15 is 0 Å². The Morgan fingerprint density at radius 3 is 2.76 bits per heavy atom. The van der Waals surface area contributed by atoms with E-state index in [1.54, 1.807) is 22.9 Å². The molecule has 1 amide bonds. The van der Waals surface area contributed by atoms with Gasteiger partial charge in [0.2, 0.25) is 5.91 Å². The molecule has 2 heterocycles. The maximum absolute atomic E-state index is 11.8. The molecule has 0 fully saturated rings. The first-order valence-electron chi connectivity index (χ1n) is 8.37. The van der Waals surface area contributed by atoms with Crippen LogP contribution in [-0.4, -0.2) is 20.0 Å². The number of fused-ring (bicyclic) bond motifs is 1. The normalized spacial score (nSPS) is 11.2. The van der Waals surface area contributed by atoms with Crippen LogP contribution in [0.25, 0.3) is 11.0 Å². The van der Waals surface area contributed by atoms with E-state index in [9.17, 15) is 9.59 Å². The Kier molecular flexibility index (Phi) is 4.70. The molecule has 0 unspecified atom stereocenters. The highest BCUT2D eigenvalue weighted by molar-refractivity contribution is 5.94. The Morgan fingerprint density at radius 2 is 2.04 bits per heavy atom. The summed E-state index contributed by atoms with van der Waals surface area (Å²) in [6.07, 6.45) is 2.44. The van der Waals surface area contributed by atoms with Crippen LogP contribution in [0, 0.1) is 5.92 Å². The first kappa shape index (κ1) is 17.0. The van der Waals surface area contributed by atoms with Gasteiger partial charge in [0.05, 0.1) is 11.0 Å². The molecule has 0 saturated carbocycles. The quantitative estimate of drug-likeness (QED) is 0.777. The van der Waals surface area contributed by atoms with E-state index in [0.29, 0.717) is 13.0 Å². The number of hydrogen-bond donors (Lipinski definition) is 1. The third-order valence-corrected chi connectivity index (χ3v) is 4.24. The second-order valence-electron chi connectivity index (χ2n) is 6.42. The molecule has 130 valence electrons. The molecule has 0 radical (unpaired) electrons. The highest BCUT2D eigenvalue weighted by Gasteiger charge is 2.11. The number of amides is 1. The smallest absolute Gasteiger partial charge is 0.250 e. The number of nitrogens with zero attached hydrogens (tertiary/aromatic N) is 3. The molecule has 3 aromatic rings. The Balaban J connectivity index is 1.82. The first-order chi connectivity index (χ1) is 12.0. The molecule has 0 aliphatic heterocycles. The molecular weight excluding hydrogens is 316 g/mol. The van der Waals surface area contributed by atoms with Gasteiger partial charge in [-0.05, 0) is 24.3 Å². The average Bonchev–Trinajstić information content (AvgIpc) is 2.89. The van der Waals surface area contributed by atoms with E-state index in [2.05, 4.69) is 10.3 Å². The van der Waals surface area contributed by atoms with Crippen LogP contribution in [0.3, 0.4) is 0 Å². The fourth-order valence-corrected chi connectivity index (χ4v) is 2.70. The van der Waals surface area contributed by atoms with E-state index in [1.807, 2.05) is 49.7 Å². The van der Waals surface area contributed by atoms with E-state index in [4.69, 9.17) is 0 Å². The lowest BCUT2D eigenvalue weighted by molar-refractivity contribution is -0.118. The van der Waals surface area contributed by atoms with Crippen LogP contribution in [0.4, 0.5) is 5.69 Å². The van der Waals surface area contributed by atoms with Crippen LogP contribution in [0.15, 0.2) is 47.4 Å². The van der Waals surface area contributed by atoms with Crippen molar-refractivity contribution in [3.8, 4) is 0 Å². The van der Waals surface area contributed by atoms with Crippen LogP contribution in [0.5, 0.6) is 0 Å². The molecule has 6 nitrogen and oxygen atoms in total. The monoisotopic (exact) mass is 338 g/mol. The predicted octanol–water partition coefficient (Wildman–Crippen LogP) is 2.57. The van der Waals surface area contributed by atoms with Gasteiger partial charge < -0.3 is 14.5 Å². The summed E-state index contributed by atoms with van der Waals surface area (Å²) in [4.78, 5) is 28.3. The van der Waals surface area contributed by atoms with Crippen LogP contribution in [0.1, 0.15) is 19.7 Å². The number of nitrogens with one attached hydrogen (secondary N) is 1. The number of rotatable bonds is 5. The fourth-order valence-electron chi connectivity index (χ4n) is 2.70. The molecular formula is C19H22N4O2. The topological polar surface area (TPSA) is 68.9 Å². The minimum Gasteiger partial charge on any atom is -0.331 e. The van der Waals surface area contributed by atoms with Gasteiger partial charge in [0, 0.05) is 43.9 Å². The van der Waals surface area contributed by atoms with Gasteiger partial charge in [0.1, 0.15) is 5.82 Å². The molecule has 2 aromatic heterocycles. The lowest BCUT2D eigenvalue weighted by Gasteiger charge is -2.07. The minimum atomic E-state index is -0.0702. The molecule has 0 aliphatic rings. The van der Waals surface area contributed by atoms with Gasteiger partial charge in [-0.25, -0.2) is 4.98 Å². The number of anilines is 1. The molecule has 1 aromatic carbocycles. The van der Waals surface area contributed by atoms with Gasteiger partial charge in [-0.1, -0.05) is 19.9 Å². The summed E-state index contributed by atoms with van der Waals surface area (Å²) >= 11 is 0. The van der Waals surface area contributed by atoms with Crippen molar-refractivity contribution in [2.24, 2.45) is 13.0 Å². The SMILES string of the molecule is CC(C)C(=O)Nc1ccc2c(c1)nc(CCn1ccccc1=O)n2C. The van der Waals surface area contributed by atoms with Crippen molar-refractivity contribution in [2.45, 2.75) is 26.8 Å². The third-order valence-electron chi connectivity index (χ3n) is 4.24. The second-order valence-corrected chi connectivity index (χ2v) is 6.42.